The number of imidazole rings is 1. The van der Waals surface area contributed by atoms with Gasteiger partial charge in [-0.25, -0.2) is 19.4 Å². The van der Waals surface area contributed by atoms with Crippen molar-refractivity contribution in [3.63, 3.8) is 0 Å². The zero-order valence-corrected chi connectivity index (χ0v) is 16.5. The van der Waals surface area contributed by atoms with Gasteiger partial charge in [-0.2, -0.15) is 0 Å². The first-order valence-corrected chi connectivity index (χ1v) is 9.51. The number of nitrogens with zero attached hydrogens (tertiary/aromatic N) is 4. The highest BCUT2D eigenvalue weighted by Gasteiger charge is 2.07. The Morgan fingerprint density at radius 3 is 2.90 bits per heavy atom. The Kier molecular flexibility index (Phi) is 7.16. The molecule has 0 radical (unpaired) electrons. The van der Waals surface area contributed by atoms with Gasteiger partial charge in [-0.1, -0.05) is 6.07 Å². The van der Waals surface area contributed by atoms with Gasteiger partial charge >= 0.3 is 0 Å². The number of benzene rings is 1. The van der Waals surface area contributed by atoms with Crippen molar-refractivity contribution in [3.05, 3.63) is 72.7 Å². The SMILES string of the molecule is CCNC(=NCc1ccnc(-n2ccnc2)c1)NCC(C)Oc1cccc(F)c1. The quantitative estimate of drug-likeness (QED) is 0.452. The van der Waals surface area contributed by atoms with Crippen LogP contribution in [0.15, 0.2) is 66.3 Å². The summed E-state index contributed by atoms with van der Waals surface area (Å²) in [4.78, 5) is 13.0. The van der Waals surface area contributed by atoms with Crippen LogP contribution in [0.5, 0.6) is 5.75 Å². The Morgan fingerprint density at radius 2 is 2.14 bits per heavy atom. The number of guanidine groups is 1. The van der Waals surface area contributed by atoms with Crippen LogP contribution in [0.25, 0.3) is 5.82 Å². The molecule has 0 aliphatic carbocycles. The fourth-order valence-electron chi connectivity index (χ4n) is 2.66. The van der Waals surface area contributed by atoms with Crippen LogP contribution in [0.3, 0.4) is 0 Å². The van der Waals surface area contributed by atoms with E-state index in [1.165, 1.54) is 12.1 Å². The van der Waals surface area contributed by atoms with Gasteiger partial charge in [-0.3, -0.25) is 4.57 Å². The highest BCUT2D eigenvalue weighted by atomic mass is 19.1. The summed E-state index contributed by atoms with van der Waals surface area (Å²) in [6.45, 7) is 5.69. The van der Waals surface area contributed by atoms with Crippen molar-refractivity contribution in [2.24, 2.45) is 4.99 Å². The summed E-state index contributed by atoms with van der Waals surface area (Å²) < 4.78 is 20.9. The first kappa shape index (κ1) is 20.3. The molecule has 3 aromatic rings. The monoisotopic (exact) mass is 396 g/mol. The van der Waals surface area contributed by atoms with E-state index in [9.17, 15) is 4.39 Å². The summed E-state index contributed by atoms with van der Waals surface area (Å²) in [7, 11) is 0. The van der Waals surface area contributed by atoms with E-state index in [4.69, 9.17) is 4.74 Å². The average Bonchev–Trinajstić information content (AvgIpc) is 3.25. The van der Waals surface area contributed by atoms with Gasteiger partial charge in [0.05, 0.1) is 13.1 Å². The molecule has 29 heavy (non-hydrogen) atoms. The zero-order chi connectivity index (χ0) is 20.5. The number of hydrogen-bond acceptors (Lipinski definition) is 4. The van der Waals surface area contributed by atoms with E-state index in [2.05, 4.69) is 25.6 Å². The Hall–Kier alpha value is -3.42. The fourth-order valence-corrected chi connectivity index (χ4v) is 2.66. The Morgan fingerprint density at radius 1 is 1.24 bits per heavy atom. The summed E-state index contributed by atoms with van der Waals surface area (Å²) in [6.07, 6.45) is 6.87. The van der Waals surface area contributed by atoms with Crippen molar-refractivity contribution < 1.29 is 9.13 Å². The minimum absolute atomic E-state index is 0.158. The van der Waals surface area contributed by atoms with E-state index in [1.54, 1.807) is 30.9 Å². The molecule has 2 aromatic heterocycles. The van der Waals surface area contributed by atoms with Crippen molar-refractivity contribution in [2.75, 3.05) is 13.1 Å². The molecule has 7 nitrogen and oxygen atoms in total. The van der Waals surface area contributed by atoms with Crippen molar-refractivity contribution in [1.29, 1.82) is 0 Å². The van der Waals surface area contributed by atoms with E-state index in [-0.39, 0.29) is 11.9 Å². The minimum atomic E-state index is -0.315. The molecule has 0 amide bonds. The Balaban J connectivity index is 1.57. The normalized spacial score (nSPS) is 12.4. The molecule has 0 aliphatic heterocycles. The molecular formula is C21H25FN6O. The van der Waals surface area contributed by atoms with Gasteiger partial charge in [0, 0.05) is 31.2 Å². The standard InChI is InChI=1S/C21H25FN6O/c1-3-24-21(26-13-16(2)29-19-6-4-5-18(22)12-19)27-14-17-7-8-25-20(11-17)28-10-9-23-15-28/h4-12,15-16H,3,13-14H2,1-2H3,(H2,24,26,27). The summed E-state index contributed by atoms with van der Waals surface area (Å²) in [5.74, 6) is 1.67. The predicted octanol–water partition coefficient (Wildman–Crippen LogP) is 2.93. The lowest BCUT2D eigenvalue weighted by Gasteiger charge is -2.17. The van der Waals surface area contributed by atoms with Crippen LogP contribution >= 0.6 is 0 Å². The maximum Gasteiger partial charge on any atom is 0.191 e. The Bertz CT molecular complexity index is 928. The largest absolute Gasteiger partial charge is 0.489 e. The number of aliphatic imine (C=N–C) groups is 1. The minimum Gasteiger partial charge on any atom is -0.489 e. The highest BCUT2D eigenvalue weighted by Crippen LogP contribution is 2.13. The molecule has 2 heterocycles. The molecule has 1 unspecified atom stereocenters. The van der Waals surface area contributed by atoms with E-state index >= 15 is 0 Å². The van der Waals surface area contributed by atoms with E-state index in [1.807, 2.05) is 36.7 Å². The molecule has 0 spiro atoms. The summed E-state index contributed by atoms with van der Waals surface area (Å²) in [5.41, 5.74) is 1.03. The number of ether oxygens (including phenoxy) is 1. The van der Waals surface area contributed by atoms with E-state index in [0.717, 1.165) is 17.9 Å². The molecule has 0 bridgehead atoms. The number of halogens is 1. The van der Waals surface area contributed by atoms with Crippen LogP contribution in [0.1, 0.15) is 19.4 Å². The molecule has 1 aromatic carbocycles. The number of hydrogen-bond donors (Lipinski definition) is 2. The average molecular weight is 396 g/mol. The van der Waals surface area contributed by atoms with Crippen LogP contribution in [0.4, 0.5) is 4.39 Å². The lowest BCUT2D eigenvalue weighted by atomic mass is 10.2. The molecule has 3 rings (SSSR count). The third kappa shape index (κ3) is 6.31. The third-order valence-electron chi connectivity index (χ3n) is 4.03. The van der Waals surface area contributed by atoms with Gasteiger partial charge in [0.15, 0.2) is 5.96 Å². The molecule has 2 N–H and O–H groups in total. The first-order chi connectivity index (χ1) is 14.1. The Labute approximate surface area is 169 Å². The fraction of sp³-hybridized carbons (Fsp3) is 0.286. The molecule has 152 valence electrons. The molecule has 0 saturated heterocycles. The van der Waals surface area contributed by atoms with Crippen LogP contribution in [-0.4, -0.2) is 39.7 Å². The van der Waals surface area contributed by atoms with E-state index < -0.39 is 0 Å². The number of aromatic nitrogens is 3. The molecule has 1 atom stereocenters. The maximum atomic E-state index is 13.3. The van der Waals surface area contributed by atoms with Gasteiger partial charge in [-0.05, 0) is 43.7 Å². The third-order valence-corrected chi connectivity index (χ3v) is 4.03. The van der Waals surface area contributed by atoms with Gasteiger partial charge in [0.2, 0.25) is 0 Å². The number of pyridine rings is 1. The smallest absolute Gasteiger partial charge is 0.191 e. The van der Waals surface area contributed by atoms with Crippen LogP contribution in [0.2, 0.25) is 0 Å². The van der Waals surface area contributed by atoms with Crippen LogP contribution in [-0.2, 0) is 6.54 Å². The molecule has 0 saturated carbocycles. The van der Waals surface area contributed by atoms with Gasteiger partial charge in [-0.15, -0.1) is 0 Å². The molecular weight excluding hydrogens is 371 g/mol. The van der Waals surface area contributed by atoms with Crippen molar-refractivity contribution in [3.8, 4) is 11.6 Å². The summed E-state index contributed by atoms with van der Waals surface area (Å²) in [6, 6.07) is 10.0. The molecule has 0 fully saturated rings. The maximum absolute atomic E-state index is 13.3. The topological polar surface area (TPSA) is 76.4 Å². The second-order valence-corrected chi connectivity index (χ2v) is 6.45. The molecule has 0 aliphatic rings. The van der Waals surface area contributed by atoms with E-state index in [0.29, 0.717) is 24.8 Å². The second kappa shape index (κ2) is 10.2. The van der Waals surface area contributed by atoms with Crippen molar-refractivity contribution in [2.45, 2.75) is 26.5 Å². The van der Waals surface area contributed by atoms with Crippen molar-refractivity contribution in [1.82, 2.24) is 25.2 Å². The van der Waals surface area contributed by atoms with Crippen LogP contribution in [0, 0.1) is 5.82 Å². The zero-order valence-electron chi connectivity index (χ0n) is 16.5. The summed E-state index contributed by atoms with van der Waals surface area (Å²) in [5, 5.41) is 6.47. The molecule has 8 heteroatoms. The summed E-state index contributed by atoms with van der Waals surface area (Å²) >= 11 is 0. The van der Waals surface area contributed by atoms with Gasteiger partial charge in [0.25, 0.3) is 0 Å². The van der Waals surface area contributed by atoms with Crippen LogP contribution < -0.4 is 15.4 Å². The highest BCUT2D eigenvalue weighted by molar-refractivity contribution is 5.79. The van der Waals surface area contributed by atoms with Gasteiger partial charge in [0.1, 0.15) is 29.8 Å². The lowest BCUT2D eigenvalue weighted by molar-refractivity contribution is 0.223. The lowest BCUT2D eigenvalue weighted by Crippen LogP contribution is -2.41. The number of rotatable bonds is 8. The number of nitrogens with one attached hydrogen (secondary N) is 2. The van der Waals surface area contributed by atoms with Crippen molar-refractivity contribution >= 4 is 5.96 Å². The first-order valence-electron chi connectivity index (χ1n) is 9.51. The van der Waals surface area contributed by atoms with Gasteiger partial charge < -0.3 is 15.4 Å². The predicted molar refractivity (Wildman–Crippen MR) is 111 cm³/mol. The second-order valence-electron chi connectivity index (χ2n) is 6.45.